The molecule has 30 heavy (non-hydrogen) atoms. The third kappa shape index (κ3) is 4.58. The van der Waals surface area contributed by atoms with Crippen LogP contribution >= 0.6 is 0 Å². The fraction of sp³-hybridized carbons (Fsp3) is 0.120. The summed E-state index contributed by atoms with van der Waals surface area (Å²) in [7, 11) is 0. The second kappa shape index (κ2) is 9.09. The molecule has 4 aromatic rings. The Bertz CT molecular complexity index is 1150. The zero-order valence-corrected chi connectivity index (χ0v) is 16.7. The van der Waals surface area contributed by atoms with Gasteiger partial charge in [-0.15, -0.1) is 0 Å². The van der Waals surface area contributed by atoms with Crippen molar-refractivity contribution < 1.29 is 14.3 Å². The number of hydrogen-bond acceptors (Lipinski definition) is 4. The number of carbonyl (C=O) groups is 1. The number of ether oxygens (including phenoxy) is 2. The number of nitrogens with one attached hydrogen (secondary N) is 1. The number of pyridine rings is 1. The van der Waals surface area contributed by atoms with Gasteiger partial charge < -0.3 is 14.8 Å². The van der Waals surface area contributed by atoms with Crippen molar-refractivity contribution in [2.45, 2.75) is 13.3 Å². The first-order chi connectivity index (χ1) is 14.7. The predicted molar refractivity (Wildman–Crippen MR) is 118 cm³/mol. The molecule has 3 aromatic carbocycles. The molecule has 0 aliphatic carbocycles. The van der Waals surface area contributed by atoms with Crippen LogP contribution in [0.3, 0.4) is 0 Å². The van der Waals surface area contributed by atoms with Gasteiger partial charge in [0, 0.05) is 11.6 Å². The molecule has 1 heterocycles. The molecule has 5 nitrogen and oxygen atoms in total. The summed E-state index contributed by atoms with van der Waals surface area (Å²) in [6, 6.07) is 24.5. The van der Waals surface area contributed by atoms with E-state index in [4.69, 9.17) is 9.47 Å². The van der Waals surface area contributed by atoms with Crippen LogP contribution < -0.4 is 14.8 Å². The minimum atomic E-state index is -0.129. The molecule has 0 aliphatic heterocycles. The molecule has 1 amide bonds. The van der Waals surface area contributed by atoms with Gasteiger partial charge in [-0.3, -0.25) is 9.78 Å². The summed E-state index contributed by atoms with van der Waals surface area (Å²) in [5, 5.41) is 3.98. The number of para-hydroxylation sites is 3. The van der Waals surface area contributed by atoms with E-state index in [1.807, 2.05) is 85.8 Å². The van der Waals surface area contributed by atoms with Gasteiger partial charge in [0.25, 0.3) is 0 Å². The number of nitrogens with zero attached hydrogens (tertiary/aromatic N) is 1. The van der Waals surface area contributed by atoms with Gasteiger partial charge >= 0.3 is 0 Å². The van der Waals surface area contributed by atoms with E-state index in [0.717, 1.165) is 22.2 Å². The number of aromatic nitrogens is 1. The normalized spacial score (nSPS) is 10.6. The zero-order chi connectivity index (χ0) is 20.8. The van der Waals surface area contributed by atoms with E-state index < -0.39 is 0 Å². The Hall–Kier alpha value is -3.86. The van der Waals surface area contributed by atoms with E-state index in [2.05, 4.69) is 10.3 Å². The van der Waals surface area contributed by atoms with Crippen molar-refractivity contribution in [2.24, 2.45) is 0 Å². The summed E-state index contributed by atoms with van der Waals surface area (Å²) in [6.07, 6.45) is 1.97. The van der Waals surface area contributed by atoms with E-state index >= 15 is 0 Å². The first-order valence-electron chi connectivity index (χ1n) is 9.85. The summed E-state index contributed by atoms with van der Waals surface area (Å²) >= 11 is 0. The van der Waals surface area contributed by atoms with Crippen LogP contribution in [-0.4, -0.2) is 17.5 Å². The van der Waals surface area contributed by atoms with E-state index in [-0.39, 0.29) is 12.3 Å². The highest BCUT2D eigenvalue weighted by Crippen LogP contribution is 2.30. The largest absolute Gasteiger partial charge is 0.494 e. The summed E-state index contributed by atoms with van der Waals surface area (Å²) < 4.78 is 11.4. The molecule has 0 saturated heterocycles. The summed E-state index contributed by atoms with van der Waals surface area (Å²) in [4.78, 5) is 17.2. The number of carbonyl (C=O) groups excluding carboxylic acids is 1. The minimum Gasteiger partial charge on any atom is -0.494 e. The fourth-order valence-corrected chi connectivity index (χ4v) is 3.23. The van der Waals surface area contributed by atoms with Gasteiger partial charge in [-0.25, -0.2) is 0 Å². The van der Waals surface area contributed by atoms with Crippen LogP contribution in [0, 0.1) is 0 Å². The minimum absolute atomic E-state index is 0.129. The van der Waals surface area contributed by atoms with Gasteiger partial charge in [0.05, 0.1) is 24.2 Å². The molecule has 0 radical (unpaired) electrons. The first kappa shape index (κ1) is 19.5. The van der Waals surface area contributed by atoms with Gasteiger partial charge in [0.15, 0.2) is 5.75 Å². The van der Waals surface area contributed by atoms with Crippen molar-refractivity contribution in [3.05, 3.63) is 90.6 Å². The van der Waals surface area contributed by atoms with Gasteiger partial charge in [0.1, 0.15) is 11.5 Å². The Kier molecular flexibility index (Phi) is 5.90. The Morgan fingerprint density at radius 2 is 1.67 bits per heavy atom. The van der Waals surface area contributed by atoms with Crippen molar-refractivity contribution >= 4 is 22.5 Å². The maximum atomic E-state index is 12.7. The van der Waals surface area contributed by atoms with Crippen molar-refractivity contribution in [3.63, 3.8) is 0 Å². The molecule has 150 valence electrons. The van der Waals surface area contributed by atoms with Gasteiger partial charge in [-0.1, -0.05) is 36.4 Å². The van der Waals surface area contributed by atoms with Crippen molar-refractivity contribution in [2.75, 3.05) is 11.9 Å². The number of rotatable bonds is 7. The standard InChI is InChI=1S/C25H22N2O3/c1-2-29-20-12-14-21(15-13-20)30-23-11-4-3-10-22(23)27-24(28)17-19-8-5-7-18-9-6-16-26-25(18)19/h3-16H,2,17H2,1H3,(H,27,28). The lowest BCUT2D eigenvalue weighted by Crippen LogP contribution is -2.15. The SMILES string of the molecule is CCOc1ccc(Oc2ccccc2NC(=O)Cc2cccc3cccnc23)cc1. The maximum absolute atomic E-state index is 12.7. The molecule has 0 aliphatic rings. The Morgan fingerprint density at radius 1 is 0.900 bits per heavy atom. The zero-order valence-electron chi connectivity index (χ0n) is 16.7. The highest BCUT2D eigenvalue weighted by molar-refractivity contribution is 5.96. The molecule has 1 N–H and O–H groups in total. The number of anilines is 1. The highest BCUT2D eigenvalue weighted by atomic mass is 16.5. The number of benzene rings is 3. The van der Waals surface area contributed by atoms with Gasteiger partial charge in [-0.05, 0) is 55.0 Å². The van der Waals surface area contributed by atoms with Crippen molar-refractivity contribution in [1.29, 1.82) is 0 Å². The number of fused-ring (bicyclic) bond motifs is 1. The quantitative estimate of drug-likeness (QED) is 0.440. The predicted octanol–water partition coefficient (Wildman–Crippen LogP) is 5.61. The number of hydrogen-bond donors (Lipinski definition) is 1. The average molecular weight is 398 g/mol. The lowest BCUT2D eigenvalue weighted by molar-refractivity contribution is -0.115. The highest BCUT2D eigenvalue weighted by Gasteiger charge is 2.11. The molecule has 0 spiro atoms. The second-order valence-electron chi connectivity index (χ2n) is 6.72. The molecule has 0 atom stereocenters. The monoisotopic (exact) mass is 398 g/mol. The molecule has 1 aromatic heterocycles. The van der Waals surface area contributed by atoms with E-state index in [1.165, 1.54) is 0 Å². The average Bonchev–Trinajstić information content (AvgIpc) is 2.77. The third-order valence-electron chi connectivity index (χ3n) is 4.59. The van der Waals surface area contributed by atoms with E-state index in [0.29, 0.717) is 23.8 Å². The Morgan fingerprint density at radius 3 is 2.50 bits per heavy atom. The lowest BCUT2D eigenvalue weighted by atomic mass is 10.1. The van der Waals surface area contributed by atoms with E-state index in [1.54, 1.807) is 6.20 Å². The molecular formula is C25H22N2O3. The van der Waals surface area contributed by atoms with Crippen molar-refractivity contribution in [3.8, 4) is 17.2 Å². The van der Waals surface area contributed by atoms with Crippen LogP contribution in [-0.2, 0) is 11.2 Å². The molecule has 4 rings (SSSR count). The summed E-state index contributed by atoms with van der Waals surface area (Å²) in [5.74, 6) is 1.90. The van der Waals surface area contributed by atoms with Crippen LogP contribution in [0.15, 0.2) is 85.1 Å². The topological polar surface area (TPSA) is 60.5 Å². The Balaban J connectivity index is 1.49. The van der Waals surface area contributed by atoms with Crippen LogP contribution in [0.1, 0.15) is 12.5 Å². The van der Waals surface area contributed by atoms with Gasteiger partial charge in [-0.2, -0.15) is 0 Å². The smallest absolute Gasteiger partial charge is 0.228 e. The third-order valence-corrected chi connectivity index (χ3v) is 4.59. The second-order valence-corrected chi connectivity index (χ2v) is 6.72. The number of amides is 1. The van der Waals surface area contributed by atoms with Crippen LogP contribution in [0.25, 0.3) is 10.9 Å². The summed E-state index contributed by atoms with van der Waals surface area (Å²) in [5.41, 5.74) is 2.34. The van der Waals surface area contributed by atoms with Crippen molar-refractivity contribution in [1.82, 2.24) is 4.98 Å². The molecule has 0 saturated carbocycles. The molecule has 5 heteroatoms. The van der Waals surface area contributed by atoms with Gasteiger partial charge in [0.2, 0.25) is 5.91 Å². The summed E-state index contributed by atoms with van der Waals surface area (Å²) in [6.45, 7) is 2.55. The Labute approximate surface area is 175 Å². The maximum Gasteiger partial charge on any atom is 0.228 e. The molecular weight excluding hydrogens is 376 g/mol. The van der Waals surface area contributed by atoms with Crippen LogP contribution in [0.5, 0.6) is 17.2 Å². The first-order valence-corrected chi connectivity index (χ1v) is 9.85. The van der Waals surface area contributed by atoms with Crippen LogP contribution in [0.2, 0.25) is 0 Å². The fourth-order valence-electron chi connectivity index (χ4n) is 3.23. The molecule has 0 fully saturated rings. The molecule has 0 bridgehead atoms. The lowest BCUT2D eigenvalue weighted by Gasteiger charge is -2.13. The van der Waals surface area contributed by atoms with Crippen LogP contribution in [0.4, 0.5) is 5.69 Å². The van der Waals surface area contributed by atoms with E-state index in [9.17, 15) is 4.79 Å². The molecule has 0 unspecified atom stereocenters.